The Morgan fingerprint density at radius 1 is 1.30 bits per heavy atom. The molecule has 0 aliphatic heterocycles. The lowest BCUT2D eigenvalue weighted by molar-refractivity contribution is 0.409. The van der Waals surface area contributed by atoms with Crippen LogP contribution in [-0.2, 0) is 18.9 Å². The van der Waals surface area contributed by atoms with Crippen molar-refractivity contribution in [2.45, 2.75) is 32.6 Å². The van der Waals surface area contributed by atoms with Gasteiger partial charge in [-0.3, -0.25) is 4.68 Å². The summed E-state index contributed by atoms with van der Waals surface area (Å²) >= 11 is 6.49. The highest BCUT2D eigenvalue weighted by atomic mass is 35.5. The van der Waals surface area contributed by atoms with E-state index in [4.69, 9.17) is 16.1 Å². The van der Waals surface area contributed by atoms with Crippen LogP contribution in [0, 0.1) is 0 Å². The number of hydrogen-bond donors (Lipinski definition) is 0. The highest BCUT2D eigenvalue weighted by molar-refractivity contribution is 6.35. The maximum atomic E-state index is 6.49. The largest absolute Gasteiger partial charge is 0.357 e. The summed E-state index contributed by atoms with van der Waals surface area (Å²) in [4.78, 5) is 0. The average Bonchev–Trinajstić information content (AvgIpc) is 3.07. The van der Waals surface area contributed by atoms with E-state index < -0.39 is 0 Å². The molecule has 3 rings (SSSR count). The first-order chi connectivity index (χ1) is 10.8. The number of nitrogens with zero attached hydrogens (tertiary/aromatic N) is 3. The normalized spacial score (nSPS) is 12.0. The number of halogens is 1. The first-order valence-corrected chi connectivity index (χ1v) is 7.90. The van der Waals surface area contributed by atoms with Gasteiger partial charge in [-0.05, 0) is 22.6 Å². The summed E-state index contributed by atoms with van der Waals surface area (Å²) in [6, 6.07) is 5.84. The van der Waals surface area contributed by atoms with E-state index in [0.29, 0.717) is 17.2 Å². The van der Waals surface area contributed by atoms with E-state index in [2.05, 4.69) is 43.7 Å². The van der Waals surface area contributed by atoms with Gasteiger partial charge >= 0.3 is 0 Å². The third-order valence-corrected chi connectivity index (χ3v) is 4.30. The average molecular weight is 330 g/mol. The molecule has 0 N–H and O–H groups in total. The Balaban J connectivity index is 2.14. The molecule has 23 heavy (non-hydrogen) atoms. The molecule has 0 bridgehead atoms. The van der Waals surface area contributed by atoms with E-state index >= 15 is 0 Å². The number of allylic oxidation sites excluding steroid dienone is 1. The van der Waals surface area contributed by atoms with E-state index in [0.717, 1.165) is 22.2 Å². The van der Waals surface area contributed by atoms with Crippen molar-refractivity contribution in [1.29, 1.82) is 0 Å². The first-order valence-electron chi connectivity index (χ1n) is 7.52. The van der Waals surface area contributed by atoms with Gasteiger partial charge in [-0.1, -0.05) is 50.2 Å². The number of hydrogen-bond acceptors (Lipinski definition) is 3. The minimum absolute atomic E-state index is 0.00976. The maximum absolute atomic E-state index is 6.49. The molecule has 0 saturated heterocycles. The summed E-state index contributed by atoms with van der Waals surface area (Å²) in [7, 11) is 1.95. The first kappa shape index (κ1) is 15.8. The minimum atomic E-state index is 0.00976. The second kappa shape index (κ2) is 5.53. The van der Waals surface area contributed by atoms with E-state index in [9.17, 15) is 0 Å². The van der Waals surface area contributed by atoms with E-state index in [1.54, 1.807) is 12.3 Å². The number of aromatic nitrogens is 3. The predicted octanol–water partition coefficient (Wildman–Crippen LogP) is 4.77. The van der Waals surface area contributed by atoms with Crippen LogP contribution in [0.15, 0.2) is 35.5 Å². The van der Waals surface area contributed by atoms with Crippen LogP contribution >= 0.6 is 11.6 Å². The lowest BCUT2D eigenvalue weighted by Crippen LogP contribution is -2.13. The molecule has 0 radical (unpaired) electrons. The SMILES string of the molecule is C=C(Cc1nn(C)c2c(C(C)(C)C)ccc(Cl)c12)c1ccno1. The van der Waals surface area contributed by atoms with Gasteiger partial charge in [-0.2, -0.15) is 5.10 Å². The second-order valence-corrected chi connectivity index (χ2v) is 7.20. The van der Waals surface area contributed by atoms with Gasteiger partial charge in [0.2, 0.25) is 0 Å². The zero-order valence-corrected chi connectivity index (χ0v) is 14.6. The molecule has 5 heteroatoms. The van der Waals surface area contributed by atoms with Gasteiger partial charge in [-0.25, -0.2) is 0 Å². The summed E-state index contributed by atoms with van der Waals surface area (Å²) in [6.07, 6.45) is 2.18. The van der Waals surface area contributed by atoms with Crippen molar-refractivity contribution >= 4 is 28.1 Å². The zero-order chi connectivity index (χ0) is 16.8. The molecule has 0 spiro atoms. The zero-order valence-electron chi connectivity index (χ0n) is 13.9. The molecule has 1 aromatic carbocycles. The van der Waals surface area contributed by atoms with E-state index in [1.165, 1.54) is 5.56 Å². The molecule has 0 aliphatic carbocycles. The van der Waals surface area contributed by atoms with Gasteiger partial charge < -0.3 is 4.52 Å². The van der Waals surface area contributed by atoms with Crippen LogP contribution in [0.25, 0.3) is 16.5 Å². The Morgan fingerprint density at radius 2 is 2.04 bits per heavy atom. The number of rotatable bonds is 3. The highest BCUT2D eigenvalue weighted by Gasteiger charge is 2.23. The third-order valence-electron chi connectivity index (χ3n) is 3.99. The quantitative estimate of drug-likeness (QED) is 0.695. The molecule has 120 valence electrons. The van der Waals surface area contributed by atoms with Crippen molar-refractivity contribution in [3.8, 4) is 0 Å². The topological polar surface area (TPSA) is 43.9 Å². The van der Waals surface area contributed by atoms with Crippen LogP contribution in [0.5, 0.6) is 0 Å². The van der Waals surface area contributed by atoms with Gasteiger partial charge in [-0.15, -0.1) is 0 Å². The molecule has 2 aromatic heterocycles. The lowest BCUT2D eigenvalue weighted by atomic mass is 9.85. The third kappa shape index (κ3) is 2.79. The second-order valence-electron chi connectivity index (χ2n) is 6.80. The Kier molecular flexibility index (Phi) is 3.80. The molecule has 0 fully saturated rings. The van der Waals surface area contributed by atoms with Gasteiger partial charge in [0, 0.05) is 24.9 Å². The molecular formula is C18H20ClN3O. The summed E-state index contributed by atoms with van der Waals surface area (Å²) in [5.41, 5.74) is 4.05. The summed E-state index contributed by atoms with van der Waals surface area (Å²) in [5, 5.41) is 10.1. The van der Waals surface area contributed by atoms with Crippen LogP contribution in [0.3, 0.4) is 0 Å². The van der Waals surface area contributed by atoms with Crippen molar-refractivity contribution in [3.05, 3.63) is 53.0 Å². The fraction of sp³-hybridized carbons (Fsp3) is 0.333. The van der Waals surface area contributed by atoms with Crippen molar-refractivity contribution in [2.75, 3.05) is 0 Å². The van der Waals surface area contributed by atoms with Crippen LogP contribution in [0.2, 0.25) is 5.02 Å². The summed E-state index contributed by atoms with van der Waals surface area (Å²) in [6.45, 7) is 10.7. The standard InChI is InChI=1S/C18H20ClN3O/c1-11(15-8-9-20-23-15)10-14-16-13(19)7-6-12(18(2,3)4)17(16)22(5)21-14/h6-9H,1,10H2,2-5H3. The number of fused-ring (bicyclic) bond motifs is 1. The van der Waals surface area contributed by atoms with E-state index in [1.807, 2.05) is 17.8 Å². The van der Waals surface area contributed by atoms with Crippen LogP contribution in [0.1, 0.15) is 37.8 Å². The highest BCUT2D eigenvalue weighted by Crippen LogP contribution is 2.36. The number of aryl methyl sites for hydroxylation is 1. The Hall–Kier alpha value is -2.07. The van der Waals surface area contributed by atoms with Crippen molar-refractivity contribution in [2.24, 2.45) is 7.05 Å². The maximum Gasteiger partial charge on any atom is 0.162 e. The Labute approximate surface area is 140 Å². The van der Waals surface area contributed by atoms with Crippen molar-refractivity contribution < 1.29 is 4.52 Å². The Bertz CT molecular complexity index is 870. The van der Waals surface area contributed by atoms with Gasteiger partial charge in [0.15, 0.2) is 5.76 Å². The fourth-order valence-electron chi connectivity index (χ4n) is 2.87. The molecule has 0 atom stereocenters. The van der Waals surface area contributed by atoms with E-state index in [-0.39, 0.29) is 5.41 Å². The molecular weight excluding hydrogens is 310 g/mol. The van der Waals surface area contributed by atoms with Gasteiger partial charge in [0.25, 0.3) is 0 Å². The summed E-state index contributed by atoms with van der Waals surface area (Å²) < 4.78 is 7.09. The summed E-state index contributed by atoms with van der Waals surface area (Å²) in [5.74, 6) is 0.673. The predicted molar refractivity (Wildman–Crippen MR) is 93.7 cm³/mol. The Morgan fingerprint density at radius 3 is 2.65 bits per heavy atom. The lowest BCUT2D eigenvalue weighted by Gasteiger charge is -2.21. The van der Waals surface area contributed by atoms with Crippen molar-refractivity contribution in [1.82, 2.24) is 14.9 Å². The van der Waals surface area contributed by atoms with Gasteiger partial charge in [0.1, 0.15) is 0 Å². The van der Waals surface area contributed by atoms with Crippen molar-refractivity contribution in [3.63, 3.8) is 0 Å². The molecule has 0 saturated carbocycles. The molecule has 2 heterocycles. The monoisotopic (exact) mass is 329 g/mol. The molecule has 0 amide bonds. The smallest absolute Gasteiger partial charge is 0.162 e. The van der Waals surface area contributed by atoms with Crippen LogP contribution in [0.4, 0.5) is 0 Å². The van der Waals surface area contributed by atoms with Gasteiger partial charge in [0.05, 0.1) is 22.4 Å². The van der Waals surface area contributed by atoms with Crippen LogP contribution < -0.4 is 0 Å². The minimum Gasteiger partial charge on any atom is -0.357 e. The van der Waals surface area contributed by atoms with Crippen LogP contribution in [-0.4, -0.2) is 14.9 Å². The molecule has 3 aromatic rings. The molecule has 0 unspecified atom stereocenters. The molecule has 4 nitrogen and oxygen atoms in total. The number of benzene rings is 1. The molecule has 0 aliphatic rings. The fourth-order valence-corrected chi connectivity index (χ4v) is 3.14.